The van der Waals surface area contributed by atoms with Gasteiger partial charge in [0.2, 0.25) is 0 Å². The Morgan fingerprint density at radius 2 is 2.12 bits per heavy atom. The molecule has 3 rings (SSSR count). The van der Waals surface area contributed by atoms with Crippen molar-refractivity contribution in [3.63, 3.8) is 0 Å². The van der Waals surface area contributed by atoms with Gasteiger partial charge in [-0.25, -0.2) is 0 Å². The van der Waals surface area contributed by atoms with Crippen LogP contribution >= 0.6 is 0 Å². The fourth-order valence-corrected chi connectivity index (χ4v) is 3.19. The lowest BCUT2D eigenvalue weighted by Crippen LogP contribution is -2.36. The first-order valence-corrected chi connectivity index (χ1v) is 7.81. The Morgan fingerprint density at radius 3 is 2.75 bits per heavy atom. The number of aryl methyl sites for hydroxylation is 2. The number of nitro groups is 1. The topological polar surface area (TPSA) is 109 Å². The van der Waals surface area contributed by atoms with Crippen LogP contribution in [0.3, 0.4) is 0 Å². The average molecular weight is 333 g/mol. The zero-order chi connectivity index (χ0) is 17.3. The third-order valence-corrected chi connectivity index (χ3v) is 4.34. The number of carboxylic acids is 1. The molecule has 1 aromatic heterocycles. The molecule has 8 nitrogen and oxygen atoms in total. The molecular weight excluding hydrogens is 314 g/mol. The third kappa shape index (κ3) is 3.05. The van der Waals surface area contributed by atoms with Crippen LogP contribution in [0, 0.1) is 17.0 Å². The van der Waals surface area contributed by atoms with Crippen molar-refractivity contribution in [3.05, 3.63) is 33.5 Å². The van der Waals surface area contributed by atoms with Gasteiger partial charge >= 0.3 is 5.97 Å². The summed E-state index contributed by atoms with van der Waals surface area (Å²) in [6, 6.07) is 3.47. The Labute approximate surface area is 138 Å². The molecular formula is C16H19N3O5. The minimum Gasteiger partial charge on any atom is -0.481 e. The Balaban J connectivity index is 2.10. The van der Waals surface area contributed by atoms with E-state index in [1.54, 1.807) is 6.07 Å². The molecule has 1 aliphatic heterocycles. The molecule has 0 atom stereocenters. The van der Waals surface area contributed by atoms with Gasteiger partial charge in [0, 0.05) is 37.0 Å². The van der Waals surface area contributed by atoms with E-state index in [2.05, 4.69) is 9.88 Å². The lowest BCUT2D eigenvalue weighted by atomic mass is 10.0. The molecule has 128 valence electrons. The number of nitro benzene ring substituents is 1. The number of carbonyl (C=O) groups is 1. The van der Waals surface area contributed by atoms with Crippen LogP contribution in [0.25, 0.3) is 10.9 Å². The van der Waals surface area contributed by atoms with Gasteiger partial charge in [-0.3, -0.25) is 14.9 Å². The first kappa shape index (κ1) is 16.3. The lowest BCUT2D eigenvalue weighted by Gasteiger charge is -2.28. The van der Waals surface area contributed by atoms with Gasteiger partial charge in [-0.15, -0.1) is 0 Å². The number of non-ortho nitro benzene ring substituents is 1. The van der Waals surface area contributed by atoms with E-state index in [9.17, 15) is 14.9 Å². The predicted octanol–water partition coefficient (Wildman–Crippen LogP) is 2.24. The van der Waals surface area contributed by atoms with Crippen molar-refractivity contribution >= 4 is 28.2 Å². The van der Waals surface area contributed by atoms with E-state index in [-0.39, 0.29) is 18.5 Å². The number of nitrogens with zero attached hydrogens (tertiary/aromatic N) is 2. The van der Waals surface area contributed by atoms with Gasteiger partial charge in [-0.1, -0.05) is 0 Å². The van der Waals surface area contributed by atoms with Crippen LogP contribution in [0.15, 0.2) is 12.1 Å². The number of morpholine rings is 1. The van der Waals surface area contributed by atoms with Crippen LogP contribution in [-0.4, -0.2) is 47.3 Å². The average Bonchev–Trinajstić information content (AvgIpc) is 2.87. The number of anilines is 1. The number of benzene rings is 1. The van der Waals surface area contributed by atoms with Crippen molar-refractivity contribution in [3.8, 4) is 0 Å². The molecule has 0 radical (unpaired) electrons. The van der Waals surface area contributed by atoms with Gasteiger partial charge in [0.05, 0.1) is 29.0 Å². The minimum absolute atomic E-state index is 0.0127. The molecule has 1 aliphatic rings. The minimum atomic E-state index is -0.920. The third-order valence-electron chi connectivity index (χ3n) is 4.34. The fourth-order valence-electron chi connectivity index (χ4n) is 3.19. The molecule has 24 heavy (non-hydrogen) atoms. The van der Waals surface area contributed by atoms with E-state index in [0.717, 1.165) is 11.4 Å². The van der Waals surface area contributed by atoms with Gasteiger partial charge in [-0.05, 0) is 25.0 Å². The van der Waals surface area contributed by atoms with Crippen LogP contribution in [-0.2, 0) is 16.0 Å². The monoisotopic (exact) mass is 333 g/mol. The summed E-state index contributed by atoms with van der Waals surface area (Å²) >= 11 is 0. The number of aromatic amines is 1. The molecule has 2 heterocycles. The number of aromatic nitrogens is 1. The largest absolute Gasteiger partial charge is 0.481 e. The van der Waals surface area contributed by atoms with Gasteiger partial charge in [0.1, 0.15) is 0 Å². The molecule has 1 saturated heterocycles. The number of fused-ring (bicyclic) bond motifs is 1. The highest BCUT2D eigenvalue weighted by Crippen LogP contribution is 2.36. The summed E-state index contributed by atoms with van der Waals surface area (Å²) in [6.45, 7) is 4.39. The molecule has 0 spiro atoms. The number of hydrogen-bond donors (Lipinski definition) is 2. The van der Waals surface area contributed by atoms with Crippen LogP contribution in [0.4, 0.5) is 11.4 Å². The van der Waals surface area contributed by atoms with Crippen molar-refractivity contribution in [2.75, 3.05) is 31.2 Å². The van der Waals surface area contributed by atoms with Crippen molar-refractivity contribution < 1.29 is 19.6 Å². The van der Waals surface area contributed by atoms with Gasteiger partial charge in [0.25, 0.3) is 5.69 Å². The maximum atomic E-state index is 11.6. The quantitative estimate of drug-likeness (QED) is 0.641. The maximum Gasteiger partial charge on any atom is 0.303 e. The zero-order valence-corrected chi connectivity index (χ0v) is 13.4. The number of hydrogen-bond acceptors (Lipinski definition) is 5. The van der Waals surface area contributed by atoms with Gasteiger partial charge in [-0.2, -0.15) is 0 Å². The number of rotatable bonds is 5. The van der Waals surface area contributed by atoms with Crippen molar-refractivity contribution in [1.29, 1.82) is 0 Å². The van der Waals surface area contributed by atoms with Crippen LogP contribution in [0.5, 0.6) is 0 Å². The molecule has 0 aliphatic carbocycles. The molecule has 0 amide bonds. The molecule has 1 aromatic carbocycles. The van der Waals surface area contributed by atoms with E-state index in [1.807, 2.05) is 13.0 Å². The molecule has 8 heteroatoms. The van der Waals surface area contributed by atoms with Crippen molar-refractivity contribution in [2.24, 2.45) is 0 Å². The van der Waals surface area contributed by atoms with E-state index in [1.165, 1.54) is 0 Å². The standard InChI is InChI=1S/C16H19N3O5/c1-10-12(2-3-15(20)21)16-13(17-10)8-11(9-14(16)19(22)23)18-4-6-24-7-5-18/h8-9,17H,2-7H2,1H3,(H,20,21). The van der Waals surface area contributed by atoms with E-state index >= 15 is 0 Å². The summed E-state index contributed by atoms with van der Waals surface area (Å²) in [5.74, 6) is -0.920. The second-order valence-corrected chi connectivity index (χ2v) is 5.87. The van der Waals surface area contributed by atoms with Crippen LogP contribution in [0.1, 0.15) is 17.7 Å². The SMILES string of the molecule is Cc1[nH]c2cc(N3CCOCC3)cc([N+](=O)[O-])c2c1CCC(=O)O. The Kier molecular flexibility index (Phi) is 4.39. The lowest BCUT2D eigenvalue weighted by molar-refractivity contribution is -0.383. The number of H-pyrrole nitrogens is 1. The maximum absolute atomic E-state index is 11.6. The number of aliphatic carboxylic acids is 1. The number of carboxylic acid groups (broad SMARTS) is 1. The molecule has 0 saturated carbocycles. The molecule has 0 unspecified atom stereocenters. The summed E-state index contributed by atoms with van der Waals surface area (Å²) in [4.78, 5) is 27.3. The number of ether oxygens (including phenoxy) is 1. The van der Waals surface area contributed by atoms with Crippen molar-refractivity contribution in [2.45, 2.75) is 19.8 Å². The second-order valence-electron chi connectivity index (χ2n) is 5.87. The molecule has 0 bridgehead atoms. The molecule has 2 N–H and O–H groups in total. The summed E-state index contributed by atoms with van der Waals surface area (Å²) in [5, 5.41) is 21.0. The second kappa shape index (κ2) is 6.48. The molecule has 1 fully saturated rings. The van der Waals surface area contributed by atoms with Crippen molar-refractivity contribution in [1.82, 2.24) is 4.98 Å². The van der Waals surface area contributed by atoms with E-state index < -0.39 is 10.9 Å². The fraction of sp³-hybridized carbons (Fsp3) is 0.438. The highest BCUT2D eigenvalue weighted by atomic mass is 16.6. The smallest absolute Gasteiger partial charge is 0.303 e. The number of nitrogens with one attached hydrogen (secondary N) is 1. The summed E-state index contributed by atoms with van der Waals surface area (Å²) in [6.07, 6.45) is 0.203. The summed E-state index contributed by atoms with van der Waals surface area (Å²) < 4.78 is 5.33. The Hall–Kier alpha value is -2.61. The Morgan fingerprint density at radius 1 is 1.42 bits per heavy atom. The van der Waals surface area contributed by atoms with Crippen LogP contribution < -0.4 is 4.90 Å². The predicted molar refractivity (Wildman–Crippen MR) is 88.7 cm³/mol. The normalized spacial score (nSPS) is 15.0. The summed E-state index contributed by atoms with van der Waals surface area (Å²) in [5.41, 5.74) is 2.94. The molecule has 2 aromatic rings. The van der Waals surface area contributed by atoms with Gasteiger partial charge < -0.3 is 19.7 Å². The van der Waals surface area contributed by atoms with E-state index in [0.29, 0.717) is 42.8 Å². The summed E-state index contributed by atoms with van der Waals surface area (Å²) in [7, 11) is 0. The zero-order valence-electron chi connectivity index (χ0n) is 13.4. The van der Waals surface area contributed by atoms with Gasteiger partial charge in [0.15, 0.2) is 0 Å². The first-order chi connectivity index (χ1) is 11.5. The van der Waals surface area contributed by atoms with E-state index in [4.69, 9.17) is 9.84 Å². The first-order valence-electron chi connectivity index (χ1n) is 7.81. The Bertz CT molecular complexity index is 793. The highest BCUT2D eigenvalue weighted by Gasteiger charge is 2.23. The van der Waals surface area contributed by atoms with Crippen LogP contribution in [0.2, 0.25) is 0 Å². The highest BCUT2D eigenvalue weighted by molar-refractivity contribution is 5.96.